The molecule has 1 aliphatic rings. The van der Waals surface area contributed by atoms with Crippen LogP contribution >= 0.6 is 24.0 Å². The molecule has 1 saturated heterocycles. The summed E-state index contributed by atoms with van der Waals surface area (Å²) in [7, 11) is 0. The Hall–Kier alpha value is -2.77. The van der Waals surface area contributed by atoms with Crippen LogP contribution in [0.15, 0.2) is 66.0 Å². The second-order valence-electron chi connectivity index (χ2n) is 6.76. The third kappa shape index (κ3) is 3.88. The monoisotopic (exact) mass is 420 g/mol. The molecule has 1 aromatic carbocycles. The molecule has 5 nitrogen and oxygen atoms in total. The van der Waals surface area contributed by atoms with Crippen molar-refractivity contribution in [3.8, 4) is 16.9 Å². The molecule has 0 N–H and O–H groups in total. The molecule has 29 heavy (non-hydrogen) atoms. The van der Waals surface area contributed by atoms with Crippen LogP contribution < -0.4 is 0 Å². The number of thiocarbonyl (C=S) groups is 1. The molecule has 2 aromatic heterocycles. The first-order valence-corrected chi connectivity index (χ1v) is 10.6. The minimum atomic E-state index is -0.0394. The summed E-state index contributed by atoms with van der Waals surface area (Å²) < 4.78 is 2.44. The second-order valence-corrected chi connectivity index (χ2v) is 8.43. The van der Waals surface area contributed by atoms with Crippen LogP contribution in [0.1, 0.15) is 25.8 Å². The lowest BCUT2D eigenvalue weighted by Crippen LogP contribution is -2.36. The molecule has 0 radical (unpaired) electrons. The Morgan fingerprint density at radius 3 is 2.59 bits per heavy atom. The summed E-state index contributed by atoms with van der Waals surface area (Å²) in [6, 6.07) is 13.8. The minimum Gasteiger partial charge on any atom is -0.290 e. The number of aromatic nitrogens is 3. The van der Waals surface area contributed by atoms with Gasteiger partial charge < -0.3 is 0 Å². The average molecular weight is 421 g/mol. The van der Waals surface area contributed by atoms with E-state index in [2.05, 4.69) is 11.9 Å². The Morgan fingerprint density at radius 2 is 1.90 bits per heavy atom. The topological polar surface area (TPSA) is 51.0 Å². The van der Waals surface area contributed by atoms with Crippen LogP contribution in [0, 0.1) is 0 Å². The van der Waals surface area contributed by atoms with Crippen LogP contribution in [-0.4, -0.2) is 35.9 Å². The summed E-state index contributed by atoms with van der Waals surface area (Å²) in [5.41, 5.74) is 3.56. The Bertz CT molecular complexity index is 1080. The molecular formula is C22H20N4OS2. The number of amides is 1. The van der Waals surface area contributed by atoms with Gasteiger partial charge in [0, 0.05) is 35.8 Å². The van der Waals surface area contributed by atoms with Gasteiger partial charge in [0.1, 0.15) is 10.0 Å². The van der Waals surface area contributed by atoms with E-state index in [4.69, 9.17) is 17.3 Å². The largest absolute Gasteiger partial charge is 0.290 e. The van der Waals surface area contributed by atoms with Crippen molar-refractivity contribution < 1.29 is 4.79 Å². The van der Waals surface area contributed by atoms with E-state index < -0.39 is 0 Å². The van der Waals surface area contributed by atoms with Gasteiger partial charge >= 0.3 is 0 Å². The van der Waals surface area contributed by atoms with E-state index >= 15 is 0 Å². The Balaban J connectivity index is 1.79. The first-order valence-electron chi connectivity index (χ1n) is 9.41. The van der Waals surface area contributed by atoms with Gasteiger partial charge in [-0.3, -0.25) is 14.7 Å². The molecule has 0 saturated carbocycles. The van der Waals surface area contributed by atoms with Crippen LogP contribution in [0.3, 0.4) is 0 Å². The summed E-state index contributed by atoms with van der Waals surface area (Å²) in [5, 5.41) is 4.78. The van der Waals surface area contributed by atoms with Gasteiger partial charge in [0.25, 0.3) is 5.91 Å². The van der Waals surface area contributed by atoms with E-state index in [9.17, 15) is 4.79 Å². The number of carbonyl (C=O) groups excluding carboxylic acids is 1. The van der Waals surface area contributed by atoms with Crippen LogP contribution in [0.4, 0.5) is 0 Å². The number of nitrogens with zero attached hydrogens (tertiary/aromatic N) is 4. The number of pyridine rings is 1. The highest BCUT2D eigenvalue weighted by Crippen LogP contribution is 2.36. The number of hydrogen-bond donors (Lipinski definition) is 0. The van der Waals surface area contributed by atoms with Gasteiger partial charge in [-0.05, 0) is 43.7 Å². The predicted octanol–water partition coefficient (Wildman–Crippen LogP) is 4.93. The van der Waals surface area contributed by atoms with Gasteiger partial charge in [0.2, 0.25) is 0 Å². The quantitative estimate of drug-likeness (QED) is 0.432. The van der Waals surface area contributed by atoms with E-state index in [0.717, 1.165) is 28.9 Å². The first kappa shape index (κ1) is 19.5. The van der Waals surface area contributed by atoms with Crippen LogP contribution in [0.5, 0.6) is 0 Å². The normalized spacial score (nSPS) is 16.6. The minimum absolute atomic E-state index is 0.0394. The molecule has 1 unspecified atom stereocenters. The first-order chi connectivity index (χ1) is 14.1. The summed E-state index contributed by atoms with van der Waals surface area (Å²) in [6.07, 6.45) is 8.17. The van der Waals surface area contributed by atoms with Gasteiger partial charge in [-0.1, -0.05) is 49.1 Å². The standard InChI is InChI=1S/C22H20N4OS2/c1-3-15(2)26-21(27)19(29-22(26)28)13-17-14-25(18-7-5-4-6-8-18)24-20(17)16-9-11-23-12-10-16/h4-15H,3H2,1-2H3/b19-13+. The lowest BCUT2D eigenvalue weighted by molar-refractivity contribution is -0.123. The van der Waals surface area contributed by atoms with Gasteiger partial charge in [-0.15, -0.1) is 0 Å². The van der Waals surface area contributed by atoms with Crippen molar-refractivity contribution in [3.63, 3.8) is 0 Å². The maximum atomic E-state index is 13.0. The predicted molar refractivity (Wildman–Crippen MR) is 122 cm³/mol. The van der Waals surface area contributed by atoms with E-state index in [1.165, 1.54) is 11.8 Å². The Labute approximate surface area is 179 Å². The van der Waals surface area contributed by atoms with Crippen molar-refractivity contribution >= 4 is 40.3 Å². The smallest absolute Gasteiger partial charge is 0.266 e. The third-order valence-corrected chi connectivity index (χ3v) is 6.19. The molecule has 7 heteroatoms. The van der Waals surface area contributed by atoms with E-state index in [1.54, 1.807) is 17.3 Å². The maximum absolute atomic E-state index is 13.0. The summed E-state index contributed by atoms with van der Waals surface area (Å²) in [4.78, 5) is 19.4. The molecule has 3 heterocycles. The molecule has 3 aromatic rings. The molecule has 146 valence electrons. The number of benzene rings is 1. The lowest BCUT2D eigenvalue weighted by Gasteiger charge is -2.21. The van der Waals surface area contributed by atoms with E-state index in [0.29, 0.717) is 9.23 Å². The Kier molecular flexibility index (Phi) is 5.60. The van der Waals surface area contributed by atoms with Crippen molar-refractivity contribution in [2.45, 2.75) is 26.3 Å². The maximum Gasteiger partial charge on any atom is 0.266 e. The van der Waals surface area contributed by atoms with Crippen LogP contribution in [-0.2, 0) is 4.79 Å². The van der Waals surface area contributed by atoms with Crippen molar-refractivity contribution in [2.75, 3.05) is 0 Å². The summed E-state index contributed by atoms with van der Waals surface area (Å²) in [5.74, 6) is -0.0394. The molecule has 1 fully saturated rings. The molecule has 4 rings (SSSR count). The number of thioether (sulfide) groups is 1. The van der Waals surface area contributed by atoms with Gasteiger partial charge in [-0.25, -0.2) is 4.68 Å². The molecule has 0 spiro atoms. The average Bonchev–Trinajstić information content (AvgIpc) is 3.30. The summed E-state index contributed by atoms with van der Waals surface area (Å²) >= 11 is 6.81. The van der Waals surface area contributed by atoms with Crippen molar-refractivity contribution in [1.82, 2.24) is 19.7 Å². The molecule has 1 aliphatic heterocycles. The van der Waals surface area contributed by atoms with E-state index in [1.807, 2.05) is 66.3 Å². The highest BCUT2D eigenvalue weighted by Gasteiger charge is 2.35. The second kappa shape index (κ2) is 8.31. The molecule has 0 bridgehead atoms. The zero-order valence-corrected chi connectivity index (χ0v) is 17.8. The number of hydrogen-bond acceptors (Lipinski definition) is 5. The van der Waals surface area contributed by atoms with Gasteiger partial charge in [0.15, 0.2) is 0 Å². The van der Waals surface area contributed by atoms with Gasteiger partial charge in [-0.2, -0.15) is 5.10 Å². The van der Waals surface area contributed by atoms with Crippen LogP contribution in [0.25, 0.3) is 23.0 Å². The van der Waals surface area contributed by atoms with Gasteiger partial charge in [0.05, 0.1) is 10.6 Å². The SMILES string of the molecule is CCC(C)N1C(=O)/C(=C\c2cn(-c3ccccc3)nc2-c2ccncc2)SC1=S. The zero-order valence-electron chi connectivity index (χ0n) is 16.1. The number of carbonyl (C=O) groups is 1. The fourth-order valence-electron chi connectivity index (χ4n) is 3.12. The molecule has 0 aliphatic carbocycles. The highest BCUT2D eigenvalue weighted by atomic mass is 32.2. The van der Waals surface area contributed by atoms with Crippen LogP contribution in [0.2, 0.25) is 0 Å². The Morgan fingerprint density at radius 1 is 1.17 bits per heavy atom. The third-order valence-electron chi connectivity index (χ3n) is 4.86. The number of para-hydroxylation sites is 1. The van der Waals surface area contributed by atoms with Crippen molar-refractivity contribution in [1.29, 1.82) is 0 Å². The fourth-order valence-corrected chi connectivity index (χ4v) is 4.58. The highest BCUT2D eigenvalue weighted by molar-refractivity contribution is 8.26. The molecule has 1 amide bonds. The van der Waals surface area contributed by atoms with Crippen molar-refractivity contribution in [3.05, 3.63) is 71.5 Å². The number of rotatable bonds is 5. The summed E-state index contributed by atoms with van der Waals surface area (Å²) in [6.45, 7) is 4.07. The fraction of sp³-hybridized carbons (Fsp3) is 0.182. The zero-order chi connectivity index (χ0) is 20.4. The molecule has 1 atom stereocenters. The molecular weight excluding hydrogens is 400 g/mol. The van der Waals surface area contributed by atoms with Crippen molar-refractivity contribution in [2.24, 2.45) is 0 Å². The lowest BCUT2D eigenvalue weighted by atomic mass is 10.1. The van der Waals surface area contributed by atoms with E-state index in [-0.39, 0.29) is 11.9 Å².